The van der Waals surface area contributed by atoms with Gasteiger partial charge >= 0.3 is 12.3 Å². The molecule has 2 aliphatic carbocycles. The van der Waals surface area contributed by atoms with Gasteiger partial charge in [0.25, 0.3) is 0 Å². The second-order valence-corrected chi connectivity index (χ2v) is 7.04. The lowest BCUT2D eigenvalue weighted by Crippen LogP contribution is -2.45. The fourth-order valence-electron chi connectivity index (χ4n) is 3.49. The van der Waals surface area contributed by atoms with Crippen LogP contribution in [0.4, 0.5) is 13.2 Å². The topological polar surface area (TPSA) is 75.6 Å². The van der Waals surface area contributed by atoms with E-state index in [1.165, 1.54) is 12.1 Å². The molecule has 0 bridgehead atoms. The third-order valence-electron chi connectivity index (χ3n) is 5.02. The summed E-state index contributed by atoms with van der Waals surface area (Å²) in [5.41, 5.74) is 0.826. The van der Waals surface area contributed by atoms with E-state index in [9.17, 15) is 22.8 Å². The summed E-state index contributed by atoms with van der Waals surface area (Å²) in [4.78, 5) is 22.8. The van der Waals surface area contributed by atoms with E-state index < -0.39 is 12.3 Å². The largest absolute Gasteiger partial charge is 0.573 e. The van der Waals surface area contributed by atoms with Gasteiger partial charge in [-0.1, -0.05) is 12.1 Å². The maximum absolute atomic E-state index is 12.2. The lowest BCUT2D eigenvalue weighted by atomic mass is 9.77. The number of rotatable bonds is 7. The number of hydrogen-bond acceptors (Lipinski definition) is 3. The van der Waals surface area contributed by atoms with Crippen LogP contribution in [-0.2, 0) is 9.59 Å². The van der Waals surface area contributed by atoms with E-state index in [4.69, 9.17) is 5.11 Å². The molecule has 1 aromatic carbocycles. The maximum Gasteiger partial charge on any atom is 0.573 e. The third-order valence-corrected chi connectivity index (χ3v) is 5.02. The van der Waals surface area contributed by atoms with Gasteiger partial charge in [0.2, 0.25) is 5.91 Å². The molecule has 2 fully saturated rings. The van der Waals surface area contributed by atoms with E-state index in [1.54, 1.807) is 12.1 Å². The Morgan fingerprint density at radius 2 is 1.81 bits per heavy atom. The van der Waals surface area contributed by atoms with E-state index >= 15 is 0 Å². The van der Waals surface area contributed by atoms with E-state index in [0.29, 0.717) is 18.8 Å². The van der Waals surface area contributed by atoms with Crippen LogP contribution in [-0.4, -0.2) is 29.4 Å². The summed E-state index contributed by atoms with van der Waals surface area (Å²) in [5, 5.41) is 11.6. The highest BCUT2D eigenvalue weighted by Gasteiger charge is 2.45. The Kier molecular flexibility index (Phi) is 5.11. The summed E-state index contributed by atoms with van der Waals surface area (Å²) in [5.74, 6) is -0.880. The summed E-state index contributed by atoms with van der Waals surface area (Å²) >= 11 is 0. The van der Waals surface area contributed by atoms with E-state index in [2.05, 4.69) is 10.1 Å². The van der Waals surface area contributed by atoms with Crippen LogP contribution >= 0.6 is 0 Å². The van der Waals surface area contributed by atoms with Crippen molar-refractivity contribution in [3.05, 3.63) is 29.8 Å². The third kappa shape index (κ3) is 4.89. The van der Waals surface area contributed by atoms with Gasteiger partial charge in [0.15, 0.2) is 0 Å². The van der Waals surface area contributed by atoms with Crippen LogP contribution in [0.2, 0.25) is 0 Å². The van der Waals surface area contributed by atoms with Gasteiger partial charge in [0.1, 0.15) is 5.75 Å². The van der Waals surface area contributed by atoms with Crippen molar-refractivity contribution in [2.75, 3.05) is 0 Å². The Morgan fingerprint density at radius 3 is 2.38 bits per heavy atom. The summed E-state index contributed by atoms with van der Waals surface area (Å²) in [6.45, 7) is 0. The van der Waals surface area contributed by atoms with Gasteiger partial charge in [0.05, 0.1) is 0 Å². The minimum absolute atomic E-state index is 0.0258. The standard InChI is InChI=1S/C18H20F3NO4/c19-18(20,21)26-13-4-2-11(3-5-13)14-9-15(14)17(25)22-12-7-10(8-12)1-6-16(23)24/h2-5,10,12,14-15H,1,6-9H2,(H,22,25)(H,23,24)/t10?,12?,14-,15+/m0/s1. The Labute approximate surface area is 148 Å². The lowest BCUT2D eigenvalue weighted by Gasteiger charge is -2.35. The monoisotopic (exact) mass is 371 g/mol. The summed E-state index contributed by atoms with van der Waals surface area (Å²) < 4.78 is 40.3. The molecule has 2 atom stereocenters. The van der Waals surface area contributed by atoms with Crippen molar-refractivity contribution in [1.82, 2.24) is 5.32 Å². The highest BCUT2D eigenvalue weighted by atomic mass is 19.4. The molecule has 2 N–H and O–H groups in total. The summed E-state index contributed by atoms with van der Waals surface area (Å²) in [6.07, 6.45) is -1.63. The van der Waals surface area contributed by atoms with Crippen molar-refractivity contribution in [3.8, 4) is 5.75 Å². The first-order chi connectivity index (χ1) is 12.2. The molecule has 0 spiro atoms. The van der Waals surface area contributed by atoms with Gasteiger partial charge in [-0.25, -0.2) is 0 Å². The van der Waals surface area contributed by atoms with Crippen LogP contribution in [0.25, 0.3) is 0 Å². The van der Waals surface area contributed by atoms with Gasteiger partial charge < -0.3 is 15.2 Å². The predicted molar refractivity (Wildman–Crippen MR) is 85.5 cm³/mol. The number of ether oxygens (including phenoxy) is 1. The molecule has 26 heavy (non-hydrogen) atoms. The van der Waals surface area contributed by atoms with Gasteiger partial charge in [0, 0.05) is 18.4 Å². The van der Waals surface area contributed by atoms with Crippen molar-refractivity contribution in [1.29, 1.82) is 0 Å². The minimum atomic E-state index is -4.71. The molecule has 2 saturated carbocycles. The molecule has 1 amide bonds. The highest BCUT2D eigenvalue weighted by Crippen LogP contribution is 2.48. The fraction of sp³-hybridized carbons (Fsp3) is 0.556. The number of carbonyl (C=O) groups excluding carboxylic acids is 1. The zero-order valence-corrected chi connectivity index (χ0v) is 14.0. The van der Waals surface area contributed by atoms with Gasteiger partial charge in [-0.05, 0) is 55.2 Å². The smallest absolute Gasteiger partial charge is 0.481 e. The predicted octanol–water partition coefficient (Wildman–Crippen LogP) is 3.45. The highest BCUT2D eigenvalue weighted by molar-refractivity contribution is 5.83. The molecule has 142 valence electrons. The fourth-order valence-corrected chi connectivity index (χ4v) is 3.49. The maximum atomic E-state index is 12.2. The van der Waals surface area contributed by atoms with E-state index in [-0.39, 0.29) is 36.0 Å². The number of amides is 1. The molecular formula is C18H20F3NO4. The zero-order valence-electron chi connectivity index (χ0n) is 14.0. The number of halogens is 3. The normalized spacial score (nSPS) is 27.3. The van der Waals surface area contributed by atoms with Crippen LogP contribution in [0, 0.1) is 11.8 Å². The second-order valence-electron chi connectivity index (χ2n) is 7.04. The first-order valence-electron chi connectivity index (χ1n) is 8.59. The molecule has 0 radical (unpaired) electrons. The van der Waals surface area contributed by atoms with E-state index in [0.717, 1.165) is 18.4 Å². The molecule has 8 heteroatoms. The number of aliphatic carboxylic acids is 1. The first-order valence-corrected chi connectivity index (χ1v) is 8.59. The van der Waals surface area contributed by atoms with Crippen LogP contribution in [0.15, 0.2) is 24.3 Å². The molecule has 5 nitrogen and oxygen atoms in total. The molecule has 0 heterocycles. The molecular weight excluding hydrogens is 351 g/mol. The van der Waals surface area contributed by atoms with Crippen molar-refractivity contribution >= 4 is 11.9 Å². The molecule has 1 aromatic rings. The number of nitrogens with one attached hydrogen (secondary N) is 1. The Balaban J connectivity index is 1.41. The SMILES string of the molecule is O=C(O)CCC1CC(NC(=O)[C@@H]2C[C@H]2c2ccc(OC(F)(F)F)cc2)C1. The zero-order chi connectivity index (χ0) is 18.9. The number of carbonyl (C=O) groups is 2. The van der Waals surface area contributed by atoms with E-state index in [1.807, 2.05) is 0 Å². The van der Waals surface area contributed by atoms with Gasteiger partial charge in [-0.15, -0.1) is 13.2 Å². The van der Waals surface area contributed by atoms with Crippen LogP contribution in [0.1, 0.15) is 43.6 Å². The van der Waals surface area contributed by atoms with Crippen LogP contribution in [0.3, 0.4) is 0 Å². The average molecular weight is 371 g/mol. The minimum Gasteiger partial charge on any atom is -0.481 e. The Hall–Kier alpha value is -2.25. The number of carboxylic acids is 1. The van der Waals surface area contributed by atoms with Crippen molar-refractivity contribution in [2.24, 2.45) is 11.8 Å². The molecule has 0 aromatic heterocycles. The Morgan fingerprint density at radius 1 is 1.15 bits per heavy atom. The molecule has 0 aliphatic heterocycles. The quantitative estimate of drug-likeness (QED) is 0.770. The lowest BCUT2D eigenvalue weighted by molar-refractivity contribution is -0.274. The molecule has 0 unspecified atom stereocenters. The number of benzene rings is 1. The summed E-state index contributed by atoms with van der Waals surface area (Å²) in [6, 6.07) is 5.74. The van der Waals surface area contributed by atoms with Crippen molar-refractivity contribution in [3.63, 3.8) is 0 Å². The van der Waals surface area contributed by atoms with Crippen LogP contribution < -0.4 is 10.1 Å². The van der Waals surface area contributed by atoms with Crippen molar-refractivity contribution in [2.45, 2.75) is 50.4 Å². The number of alkyl halides is 3. The van der Waals surface area contributed by atoms with Gasteiger partial charge in [-0.2, -0.15) is 0 Å². The average Bonchev–Trinajstić information content (AvgIpc) is 3.28. The number of hydrogen-bond donors (Lipinski definition) is 2. The first kappa shape index (κ1) is 18.5. The number of carboxylic acid groups (broad SMARTS) is 1. The molecule has 2 aliphatic rings. The molecule has 0 saturated heterocycles. The van der Waals surface area contributed by atoms with Crippen LogP contribution in [0.5, 0.6) is 5.75 Å². The summed E-state index contributed by atoms with van der Waals surface area (Å²) in [7, 11) is 0. The molecule has 3 rings (SSSR count). The Bertz CT molecular complexity index is 668. The second kappa shape index (κ2) is 7.17. The van der Waals surface area contributed by atoms with Gasteiger partial charge in [-0.3, -0.25) is 9.59 Å². The van der Waals surface area contributed by atoms with Crippen molar-refractivity contribution < 1.29 is 32.6 Å².